The number of nitrogens with one attached hydrogen (secondary N) is 1. The summed E-state index contributed by atoms with van der Waals surface area (Å²) in [6.07, 6.45) is 0.594. The van der Waals surface area contributed by atoms with Gasteiger partial charge in [-0.2, -0.15) is 0 Å². The van der Waals surface area contributed by atoms with Crippen LogP contribution in [0.3, 0.4) is 0 Å². The molecule has 7 heteroatoms. The van der Waals surface area contributed by atoms with Crippen LogP contribution in [-0.2, 0) is 20.7 Å². The van der Waals surface area contributed by atoms with E-state index in [1.165, 1.54) is 12.1 Å². The summed E-state index contributed by atoms with van der Waals surface area (Å²) in [6, 6.07) is 11.7. The summed E-state index contributed by atoms with van der Waals surface area (Å²) < 4.78 is 24.7. The standard InChI is InChI=1S/C26H33FN2O4/c1-5-23(25(30)28-13-15-32-4)33-21-11-8-18-12-14-29(26(31)17(2)3)24(22(18)16-21)19-6-9-20(27)10-7-19/h6-11,16-17,23-24H,5,12-15H2,1-4H3,(H,28,30)/t23-,24+/m0/s1. The van der Waals surface area contributed by atoms with E-state index >= 15 is 0 Å². The molecule has 0 aromatic heterocycles. The lowest BCUT2D eigenvalue weighted by atomic mass is 9.87. The van der Waals surface area contributed by atoms with Crippen molar-refractivity contribution in [2.75, 3.05) is 26.8 Å². The zero-order chi connectivity index (χ0) is 24.0. The first kappa shape index (κ1) is 24.7. The molecule has 0 radical (unpaired) electrons. The number of carbonyl (C=O) groups excluding carboxylic acids is 2. The molecule has 33 heavy (non-hydrogen) atoms. The van der Waals surface area contributed by atoms with Crippen LogP contribution in [0, 0.1) is 11.7 Å². The Hall–Kier alpha value is -2.93. The van der Waals surface area contributed by atoms with Gasteiger partial charge in [-0.25, -0.2) is 4.39 Å². The average Bonchev–Trinajstić information content (AvgIpc) is 2.81. The number of fused-ring (bicyclic) bond motifs is 1. The summed E-state index contributed by atoms with van der Waals surface area (Å²) in [5, 5.41) is 2.81. The van der Waals surface area contributed by atoms with Crippen molar-refractivity contribution in [3.8, 4) is 5.75 Å². The zero-order valence-electron chi connectivity index (χ0n) is 19.8. The smallest absolute Gasteiger partial charge is 0.261 e. The van der Waals surface area contributed by atoms with Crippen LogP contribution < -0.4 is 10.1 Å². The van der Waals surface area contributed by atoms with Crippen LogP contribution in [-0.4, -0.2) is 49.6 Å². The Kier molecular flexibility index (Phi) is 8.44. The molecule has 0 spiro atoms. The van der Waals surface area contributed by atoms with Gasteiger partial charge in [0.05, 0.1) is 12.6 Å². The molecule has 0 unspecified atom stereocenters. The van der Waals surface area contributed by atoms with E-state index in [1.807, 2.05) is 43.9 Å². The summed E-state index contributed by atoms with van der Waals surface area (Å²) >= 11 is 0. The van der Waals surface area contributed by atoms with E-state index in [1.54, 1.807) is 19.2 Å². The van der Waals surface area contributed by atoms with Crippen molar-refractivity contribution in [2.24, 2.45) is 5.92 Å². The second-order valence-corrected chi connectivity index (χ2v) is 8.55. The van der Waals surface area contributed by atoms with Gasteiger partial charge in [0.15, 0.2) is 6.10 Å². The van der Waals surface area contributed by atoms with Crippen LogP contribution in [0.1, 0.15) is 49.9 Å². The van der Waals surface area contributed by atoms with Crippen molar-refractivity contribution in [3.63, 3.8) is 0 Å². The van der Waals surface area contributed by atoms with E-state index in [9.17, 15) is 14.0 Å². The van der Waals surface area contributed by atoms with Crippen molar-refractivity contribution in [2.45, 2.75) is 45.8 Å². The summed E-state index contributed by atoms with van der Waals surface area (Å²) in [4.78, 5) is 27.4. The van der Waals surface area contributed by atoms with Crippen molar-refractivity contribution in [1.29, 1.82) is 0 Å². The number of hydrogen-bond donors (Lipinski definition) is 1. The van der Waals surface area contributed by atoms with Crippen LogP contribution in [0.4, 0.5) is 4.39 Å². The Labute approximate surface area is 195 Å². The first-order valence-electron chi connectivity index (χ1n) is 11.5. The summed E-state index contributed by atoms with van der Waals surface area (Å²) in [6.45, 7) is 7.09. The third-order valence-electron chi connectivity index (χ3n) is 5.86. The van der Waals surface area contributed by atoms with E-state index in [4.69, 9.17) is 9.47 Å². The van der Waals surface area contributed by atoms with Crippen LogP contribution in [0.15, 0.2) is 42.5 Å². The van der Waals surface area contributed by atoms with Gasteiger partial charge < -0.3 is 19.7 Å². The Morgan fingerprint density at radius 2 is 1.91 bits per heavy atom. The maximum absolute atomic E-state index is 13.6. The number of amides is 2. The summed E-state index contributed by atoms with van der Waals surface area (Å²) in [5.41, 5.74) is 2.89. The molecule has 6 nitrogen and oxygen atoms in total. The number of halogens is 1. The number of carbonyl (C=O) groups is 2. The van der Waals surface area contributed by atoms with Crippen molar-refractivity contribution >= 4 is 11.8 Å². The molecular weight excluding hydrogens is 423 g/mol. The third kappa shape index (κ3) is 5.90. The predicted octanol–water partition coefficient (Wildman–Crippen LogP) is 3.88. The molecule has 2 aromatic carbocycles. The first-order valence-corrected chi connectivity index (χ1v) is 11.5. The predicted molar refractivity (Wildman–Crippen MR) is 125 cm³/mol. The van der Waals surface area contributed by atoms with Crippen molar-refractivity contribution in [1.82, 2.24) is 10.2 Å². The number of ether oxygens (including phenoxy) is 2. The SMILES string of the molecule is CC[C@H](Oc1ccc2c(c1)[C@@H](c1ccc(F)cc1)N(C(=O)C(C)C)CC2)C(=O)NCCOC. The Bertz CT molecular complexity index is 961. The van der Waals surface area contributed by atoms with E-state index in [2.05, 4.69) is 5.32 Å². The number of hydrogen-bond acceptors (Lipinski definition) is 4. The molecule has 0 fully saturated rings. The zero-order valence-corrected chi connectivity index (χ0v) is 19.8. The highest BCUT2D eigenvalue weighted by Crippen LogP contribution is 2.38. The minimum absolute atomic E-state index is 0.0465. The molecular formula is C26H33FN2O4. The van der Waals surface area contributed by atoms with E-state index in [-0.39, 0.29) is 29.6 Å². The van der Waals surface area contributed by atoms with Gasteiger partial charge in [-0.15, -0.1) is 0 Å². The average molecular weight is 457 g/mol. The molecule has 1 aliphatic heterocycles. The lowest BCUT2D eigenvalue weighted by Gasteiger charge is -2.39. The molecule has 2 atom stereocenters. The molecule has 0 bridgehead atoms. The van der Waals surface area contributed by atoms with E-state index < -0.39 is 6.10 Å². The highest BCUT2D eigenvalue weighted by atomic mass is 19.1. The van der Waals surface area contributed by atoms with Gasteiger partial charge in [-0.1, -0.05) is 39.0 Å². The van der Waals surface area contributed by atoms with Crippen molar-refractivity contribution in [3.05, 3.63) is 65.0 Å². The number of rotatable bonds is 9. The Morgan fingerprint density at radius 1 is 1.18 bits per heavy atom. The molecule has 1 heterocycles. The molecule has 1 N–H and O–H groups in total. The Morgan fingerprint density at radius 3 is 2.55 bits per heavy atom. The van der Waals surface area contributed by atoms with E-state index in [0.29, 0.717) is 31.9 Å². The molecule has 2 amide bonds. The van der Waals surface area contributed by atoms with Crippen LogP contribution in [0.25, 0.3) is 0 Å². The summed E-state index contributed by atoms with van der Waals surface area (Å²) in [5.74, 6) is -0.0641. The van der Waals surface area contributed by atoms with Crippen LogP contribution in [0.5, 0.6) is 5.75 Å². The van der Waals surface area contributed by atoms with Gasteiger partial charge in [0, 0.05) is 26.1 Å². The van der Waals surface area contributed by atoms with Crippen LogP contribution >= 0.6 is 0 Å². The fourth-order valence-corrected chi connectivity index (χ4v) is 4.12. The largest absolute Gasteiger partial charge is 0.481 e. The topological polar surface area (TPSA) is 67.9 Å². The molecule has 3 rings (SSSR count). The molecule has 178 valence electrons. The van der Waals surface area contributed by atoms with Gasteiger partial charge in [-0.3, -0.25) is 9.59 Å². The van der Waals surface area contributed by atoms with Gasteiger partial charge in [-0.05, 0) is 53.8 Å². The fourth-order valence-electron chi connectivity index (χ4n) is 4.12. The summed E-state index contributed by atoms with van der Waals surface area (Å²) in [7, 11) is 1.58. The molecule has 0 saturated carbocycles. The Balaban J connectivity index is 1.93. The lowest BCUT2D eigenvalue weighted by molar-refractivity contribution is -0.136. The quantitative estimate of drug-likeness (QED) is 0.582. The molecule has 0 aliphatic carbocycles. The highest BCUT2D eigenvalue weighted by Gasteiger charge is 2.33. The van der Waals surface area contributed by atoms with Gasteiger partial charge in [0.25, 0.3) is 5.91 Å². The molecule has 1 aliphatic rings. The highest BCUT2D eigenvalue weighted by molar-refractivity contribution is 5.81. The minimum Gasteiger partial charge on any atom is -0.481 e. The second kappa shape index (κ2) is 11.3. The normalized spacial score (nSPS) is 16.3. The van der Waals surface area contributed by atoms with Gasteiger partial charge in [0.1, 0.15) is 11.6 Å². The number of methoxy groups -OCH3 is 1. The van der Waals surface area contributed by atoms with E-state index in [0.717, 1.165) is 23.1 Å². The third-order valence-corrected chi connectivity index (χ3v) is 5.86. The lowest BCUT2D eigenvalue weighted by Crippen LogP contribution is -2.42. The minimum atomic E-state index is -0.638. The van der Waals surface area contributed by atoms with Crippen molar-refractivity contribution < 1.29 is 23.5 Å². The molecule has 2 aromatic rings. The fraction of sp³-hybridized carbons (Fsp3) is 0.462. The first-order chi connectivity index (χ1) is 15.8. The number of nitrogens with zero attached hydrogens (tertiary/aromatic N) is 1. The second-order valence-electron chi connectivity index (χ2n) is 8.55. The van der Waals surface area contributed by atoms with Gasteiger partial charge in [0.2, 0.25) is 5.91 Å². The maximum Gasteiger partial charge on any atom is 0.261 e. The van der Waals surface area contributed by atoms with Gasteiger partial charge >= 0.3 is 0 Å². The molecule has 0 saturated heterocycles. The maximum atomic E-state index is 13.6. The number of benzene rings is 2. The van der Waals surface area contributed by atoms with Crippen LogP contribution in [0.2, 0.25) is 0 Å². The monoisotopic (exact) mass is 456 g/mol.